The maximum absolute atomic E-state index is 13.9. The van der Waals surface area contributed by atoms with Crippen molar-refractivity contribution in [3.8, 4) is 0 Å². The molecule has 2 fully saturated rings. The summed E-state index contributed by atoms with van der Waals surface area (Å²) >= 11 is 6.01. The van der Waals surface area contributed by atoms with Crippen molar-refractivity contribution in [2.75, 3.05) is 4.90 Å². The third kappa shape index (κ3) is 2.59. The smallest absolute Gasteiger partial charge is 0.241 e. The van der Waals surface area contributed by atoms with Crippen LogP contribution in [0, 0.1) is 17.7 Å². The number of benzene rings is 3. The second kappa shape index (κ2) is 7.16. The van der Waals surface area contributed by atoms with Crippen LogP contribution in [-0.2, 0) is 14.3 Å². The van der Waals surface area contributed by atoms with Gasteiger partial charge in [0.05, 0.1) is 23.6 Å². The molecule has 0 bridgehead atoms. The van der Waals surface area contributed by atoms with E-state index >= 15 is 0 Å². The van der Waals surface area contributed by atoms with Crippen LogP contribution in [0.1, 0.15) is 32.4 Å². The molecular weight excluding hydrogens is 461 g/mol. The molecule has 0 radical (unpaired) electrons. The van der Waals surface area contributed by atoms with E-state index in [0.717, 1.165) is 11.0 Å². The summed E-state index contributed by atoms with van der Waals surface area (Å²) in [7, 11) is 0. The van der Waals surface area contributed by atoms with Crippen LogP contribution >= 0.6 is 11.6 Å². The molecule has 1 spiro atoms. The van der Waals surface area contributed by atoms with Gasteiger partial charge >= 0.3 is 0 Å². The fraction of sp³-hybridized carbons (Fsp3) is 0.154. The third-order valence-corrected chi connectivity index (χ3v) is 7.04. The van der Waals surface area contributed by atoms with Gasteiger partial charge < -0.3 is 4.74 Å². The normalized spacial score (nSPS) is 24.8. The molecule has 34 heavy (non-hydrogen) atoms. The highest BCUT2D eigenvalue weighted by atomic mass is 35.5. The van der Waals surface area contributed by atoms with Gasteiger partial charge in [-0.3, -0.25) is 19.2 Å². The van der Waals surface area contributed by atoms with Crippen LogP contribution in [0.4, 0.5) is 10.1 Å². The summed E-state index contributed by atoms with van der Waals surface area (Å²) in [4.78, 5) is 55.5. The highest BCUT2D eigenvalue weighted by Gasteiger charge is 2.74. The van der Waals surface area contributed by atoms with E-state index in [-0.39, 0.29) is 16.8 Å². The van der Waals surface area contributed by atoms with Crippen molar-refractivity contribution in [2.45, 2.75) is 11.7 Å². The van der Waals surface area contributed by atoms with Gasteiger partial charge in [0.15, 0.2) is 0 Å². The van der Waals surface area contributed by atoms with Crippen molar-refractivity contribution < 1.29 is 28.3 Å². The number of fused-ring (bicyclic) bond motifs is 3. The van der Waals surface area contributed by atoms with Gasteiger partial charge in [-0.05, 0) is 35.9 Å². The minimum atomic E-state index is -2.17. The largest absolute Gasteiger partial charge is 0.349 e. The van der Waals surface area contributed by atoms with Crippen LogP contribution < -0.4 is 4.90 Å². The maximum Gasteiger partial charge on any atom is 0.241 e. The van der Waals surface area contributed by atoms with Gasteiger partial charge in [-0.15, -0.1) is 0 Å². The molecule has 8 heteroatoms. The Kier molecular flexibility index (Phi) is 4.40. The maximum atomic E-state index is 13.9. The monoisotopic (exact) mass is 475 g/mol. The number of nitrogens with zero attached hydrogens (tertiary/aromatic N) is 1. The van der Waals surface area contributed by atoms with Crippen molar-refractivity contribution in [3.05, 3.63) is 100 Å². The Morgan fingerprint density at radius 2 is 1.47 bits per heavy atom. The van der Waals surface area contributed by atoms with E-state index in [1.807, 2.05) is 0 Å². The van der Waals surface area contributed by atoms with E-state index < -0.39 is 52.7 Å². The molecule has 0 aromatic heterocycles. The van der Waals surface area contributed by atoms with Crippen molar-refractivity contribution in [1.29, 1.82) is 0 Å². The molecule has 3 aromatic carbocycles. The Morgan fingerprint density at radius 1 is 0.824 bits per heavy atom. The molecule has 0 unspecified atom stereocenters. The van der Waals surface area contributed by atoms with Gasteiger partial charge in [-0.25, -0.2) is 9.29 Å². The molecule has 2 amide bonds. The number of amides is 2. The van der Waals surface area contributed by atoms with Crippen molar-refractivity contribution in [1.82, 2.24) is 0 Å². The number of imide groups is 1. The molecule has 0 N–H and O–H groups in total. The number of anilines is 1. The highest BCUT2D eigenvalue weighted by Crippen LogP contribution is 2.57. The predicted molar refractivity (Wildman–Crippen MR) is 119 cm³/mol. The van der Waals surface area contributed by atoms with Gasteiger partial charge in [-0.1, -0.05) is 54.1 Å². The van der Waals surface area contributed by atoms with E-state index in [1.54, 1.807) is 36.4 Å². The molecule has 3 aliphatic rings. The van der Waals surface area contributed by atoms with Crippen molar-refractivity contribution in [2.24, 2.45) is 11.8 Å². The summed E-state index contributed by atoms with van der Waals surface area (Å²) in [6.07, 6.45) is -1.06. The van der Waals surface area contributed by atoms with Gasteiger partial charge in [0.1, 0.15) is 5.82 Å². The average Bonchev–Trinajstić information content (AvgIpc) is 3.40. The van der Waals surface area contributed by atoms with Crippen molar-refractivity contribution >= 4 is 40.7 Å². The van der Waals surface area contributed by atoms with Crippen LogP contribution in [0.15, 0.2) is 72.8 Å². The van der Waals surface area contributed by atoms with Crippen LogP contribution in [0.25, 0.3) is 0 Å². The Labute approximate surface area is 197 Å². The number of halogens is 2. The first-order chi connectivity index (χ1) is 16.3. The standard InChI is InChI=1S/C26H15ClFNO5/c27-14-10-8-13(9-11-14)21-19-20(25(33)29(24(19)32)16-5-3-4-15(28)12-16)26(34-21)22(30)17-6-1-2-7-18(17)23(26)31/h1-12,19-21H/t19-,20-,21-/m0/s1. The first kappa shape index (κ1) is 20.9. The lowest BCUT2D eigenvalue weighted by atomic mass is 9.77. The Morgan fingerprint density at radius 3 is 2.09 bits per heavy atom. The number of hydrogen-bond acceptors (Lipinski definition) is 5. The second-order valence-corrected chi connectivity index (χ2v) is 8.96. The average molecular weight is 476 g/mol. The molecule has 2 heterocycles. The molecule has 6 nitrogen and oxygen atoms in total. The summed E-state index contributed by atoms with van der Waals surface area (Å²) in [6, 6.07) is 17.8. The number of ether oxygens (including phenoxy) is 1. The van der Waals surface area contributed by atoms with Crippen LogP contribution in [-0.4, -0.2) is 29.0 Å². The number of ketones is 2. The molecule has 168 valence electrons. The van der Waals surface area contributed by atoms with E-state index in [0.29, 0.717) is 10.6 Å². The zero-order valence-electron chi connectivity index (χ0n) is 17.4. The highest BCUT2D eigenvalue weighted by molar-refractivity contribution is 6.37. The SMILES string of the molecule is O=C1[C@H]2[C@@H](C(=O)N1c1cccc(F)c1)C1(O[C@H]2c2ccc(Cl)cc2)C(=O)c2ccccc2C1=O. The van der Waals surface area contributed by atoms with E-state index in [2.05, 4.69) is 0 Å². The summed E-state index contributed by atoms with van der Waals surface area (Å²) in [5.41, 5.74) is -1.35. The molecule has 3 atom stereocenters. The lowest BCUT2D eigenvalue weighted by molar-refractivity contribution is -0.127. The zero-order valence-corrected chi connectivity index (χ0v) is 18.2. The summed E-state index contributed by atoms with van der Waals surface area (Å²) < 4.78 is 20.1. The first-order valence-electron chi connectivity index (χ1n) is 10.6. The Bertz CT molecular complexity index is 1380. The number of rotatable bonds is 2. The Hall–Kier alpha value is -3.68. The van der Waals surface area contributed by atoms with Gasteiger partial charge in [0.2, 0.25) is 29.0 Å². The summed E-state index contributed by atoms with van der Waals surface area (Å²) in [5, 5.41) is 0.448. The zero-order chi connectivity index (χ0) is 23.8. The molecule has 2 aliphatic heterocycles. The number of carbonyl (C=O) groups excluding carboxylic acids is 4. The van der Waals surface area contributed by atoms with Gasteiger partial charge in [-0.2, -0.15) is 0 Å². The molecule has 6 rings (SSSR count). The van der Waals surface area contributed by atoms with E-state index in [9.17, 15) is 23.6 Å². The second-order valence-electron chi connectivity index (χ2n) is 8.52. The lowest BCUT2D eigenvalue weighted by Crippen LogP contribution is -2.51. The minimum absolute atomic E-state index is 0.0322. The minimum Gasteiger partial charge on any atom is -0.349 e. The lowest BCUT2D eigenvalue weighted by Gasteiger charge is -2.27. The number of carbonyl (C=O) groups is 4. The van der Waals surface area contributed by atoms with E-state index in [4.69, 9.17) is 16.3 Å². The number of hydrogen-bond donors (Lipinski definition) is 0. The van der Waals surface area contributed by atoms with E-state index in [1.165, 1.54) is 30.3 Å². The van der Waals surface area contributed by atoms with Crippen LogP contribution in [0.3, 0.4) is 0 Å². The van der Waals surface area contributed by atoms with Gasteiger partial charge in [0, 0.05) is 16.1 Å². The molecule has 3 aromatic rings. The Balaban J connectivity index is 1.55. The topological polar surface area (TPSA) is 80.8 Å². The molecule has 2 saturated heterocycles. The summed E-state index contributed by atoms with van der Waals surface area (Å²) in [6.45, 7) is 0. The third-order valence-electron chi connectivity index (χ3n) is 6.78. The van der Waals surface area contributed by atoms with Crippen LogP contribution in [0.2, 0.25) is 5.02 Å². The predicted octanol–water partition coefficient (Wildman–Crippen LogP) is 4.17. The first-order valence-corrected chi connectivity index (χ1v) is 11.0. The molecular formula is C26H15ClFNO5. The van der Waals surface area contributed by atoms with Crippen molar-refractivity contribution in [3.63, 3.8) is 0 Å². The fourth-order valence-corrected chi connectivity index (χ4v) is 5.47. The molecule has 1 aliphatic carbocycles. The fourth-order valence-electron chi connectivity index (χ4n) is 5.34. The van der Waals surface area contributed by atoms with Crippen LogP contribution in [0.5, 0.6) is 0 Å². The molecule has 0 saturated carbocycles. The quantitative estimate of drug-likeness (QED) is 0.410. The summed E-state index contributed by atoms with van der Waals surface area (Å²) in [5.74, 6) is -5.91. The number of Topliss-reactive ketones (excluding diaryl/α,β-unsaturated/α-hetero) is 2. The van der Waals surface area contributed by atoms with Gasteiger partial charge in [0.25, 0.3) is 0 Å².